The van der Waals surface area contributed by atoms with Crippen molar-refractivity contribution in [3.63, 3.8) is 0 Å². The zero-order valence-corrected chi connectivity index (χ0v) is 12.4. The molecule has 0 aromatic heterocycles. The second kappa shape index (κ2) is 6.31. The van der Waals surface area contributed by atoms with E-state index in [1.807, 2.05) is 13.8 Å². The number of sulfone groups is 1. The molecule has 0 saturated heterocycles. The molecule has 1 atom stereocenters. The van der Waals surface area contributed by atoms with Gasteiger partial charge in [-0.05, 0) is 36.5 Å². The third-order valence-corrected chi connectivity index (χ3v) is 4.45. The maximum Gasteiger partial charge on any atom is 0.501 e. The molecule has 0 aliphatic carbocycles. The van der Waals surface area contributed by atoms with E-state index in [1.165, 1.54) is 0 Å². The summed E-state index contributed by atoms with van der Waals surface area (Å²) in [6.07, 6.45) is 0.450. The van der Waals surface area contributed by atoms with Gasteiger partial charge in [0.15, 0.2) is 0 Å². The first-order chi connectivity index (χ1) is 9.45. The lowest BCUT2D eigenvalue weighted by molar-refractivity contribution is -0.0436. The standard InChI is InChI=1S/C13H17F4NO2S/c1-8(2)5-11(18)6-9-3-4-10(14)7-12(9)21(19,20)13(15,16)17/h3-4,7-8,11H,5-6,18H2,1-2H3. The summed E-state index contributed by atoms with van der Waals surface area (Å²) >= 11 is 0. The van der Waals surface area contributed by atoms with E-state index >= 15 is 0 Å². The summed E-state index contributed by atoms with van der Waals surface area (Å²) in [5, 5.41) is 0. The van der Waals surface area contributed by atoms with Crippen LogP contribution in [0.3, 0.4) is 0 Å². The zero-order chi connectivity index (χ0) is 16.4. The topological polar surface area (TPSA) is 60.2 Å². The fourth-order valence-corrected chi connectivity index (χ4v) is 3.06. The molecule has 0 aliphatic rings. The summed E-state index contributed by atoms with van der Waals surface area (Å²) < 4.78 is 74.1. The molecule has 0 fully saturated rings. The SMILES string of the molecule is CC(C)CC(N)Cc1ccc(F)cc1S(=O)(=O)C(F)(F)F. The lowest BCUT2D eigenvalue weighted by Gasteiger charge is -2.17. The zero-order valence-electron chi connectivity index (χ0n) is 11.6. The summed E-state index contributed by atoms with van der Waals surface area (Å²) in [6, 6.07) is 1.85. The minimum absolute atomic E-state index is 0.0664. The maximum absolute atomic E-state index is 13.2. The molecule has 1 rings (SSSR count). The predicted octanol–water partition coefficient (Wildman–Crippen LogP) is 3.04. The Morgan fingerprint density at radius 1 is 1.24 bits per heavy atom. The van der Waals surface area contributed by atoms with Crippen molar-refractivity contribution in [3.05, 3.63) is 29.6 Å². The third-order valence-electron chi connectivity index (χ3n) is 2.88. The molecule has 1 unspecified atom stereocenters. The van der Waals surface area contributed by atoms with Crippen LogP contribution in [-0.2, 0) is 16.3 Å². The monoisotopic (exact) mass is 327 g/mol. The fourth-order valence-electron chi connectivity index (χ4n) is 2.04. The molecule has 0 aliphatic heterocycles. The van der Waals surface area contributed by atoms with Gasteiger partial charge in [-0.15, -0.1) is 0 Å². The van der Waals surface area contributed by atoms with Crippen LogP contribution in [0.1, 0.15) is 25.8 Å². The molecule has 1 aromatic rings. The molecule has 0 amide bonds. The van der Waals surface area contributed by atoms with E-state index in [2.05, 4.69) is 0 Å². The predicted molar refractivity (Wildman–Crippen MR) is 70.8 cm³/mol. The highest BCUT2D eigenvalue weighted by Gasteiger charge is 2.48. The first-order valence-electron chi connectivity index (χ1n) is 6.30. The number of benzene rings is 1. The molecule has 0 bridgehead atoms. The van der Waals surface area contributed by atoms with Crippen molar-refractivity contribution in [2.45, 2.75) is 43.1 Å². The largest absolute Gasteiger partial charge is 0.501 e. The van der Waals surface area contributed by atoms with E-state index < -0.39 is 32.1 Å². The van der Waals surface area contributed by atoms with Crippen LogP contribution in [0.25, 0.3) is 0 Å². The van der Waals surface area contributed by atoms with Crippen molar-refractivity contribution in [1.82, 2.24) is 0 Å². The summed E-state index contributed by atoms with van der Waals surface area (Å²) in [7, 11) is -5.60. The Hall–Kier alpha value is -1.15. The van der Waals surface area contributed by atoms with Crippen LogP contribution in [-0.4, -0.2) is 20.0 Å². The number of alkyl halides is 3. The lowest BCUT2D eigenvalue weighted by Crippen LogP contribution is -2.28. The second-order valence-corrected chi connectivity index (χ2v) is 7.20. The first kappa shape index (κ1) is 17.9. The van der Waals surface area contributed by atoms with Crippen molar-refractivity contribution in [3.8, 4) is 0 Å². The van der Waals surface area contributed by atoms with Gasteiger partial charge >= 0.3 is 5.51 Å². The third kappa shape index (κ3) is 4.41. The summed E-state index contributed by atoms with van der Waals surface area (Å²) in [6.45, 7) is 3.77. The van der Waals surface area contributed by atoms with E-state index in [0.29, 0.717) is 12.5 Å². The van der Waals surface area contributed by atoms with Gasteiger partial charge in [-0.25, -0.2) is 12.8 Å². The molecular formula is C13H17F4NO2S. The summed E-state index contributed by atoms with van der Waals surface area (Å²) in [5.41, 5.74) is 0.198. The molecule has 2 N–H and O–H groups in total. The van der Waals surface area contributed by atoms with Gasteiger partial charge in [0.2, 0.25) is 0 Å². The Bertz CT molecular complexity index is 597. The molecule has 0 saturated carbocycles. The maximum atomic E-state index is 13.2. The van der Waals surface area contributed by atoms with Gasteiger partial charge in [0, 0.05) is 6.04 Å². The smallest absolute Gasteiger partial charge is 0.327 e. The summed E-state index contributed by atoms with van der Waals surface area (Å²) in [4.78, 5) is -1.06. The van der Waals surface area contributed by atoms with Gasteiger partial charge < -0.3 is 5.73 Å². The minimum atomic E-state index is -5.60. The highest BCUT2D eigenvalue weighted by Crippen LogP contribution is 2.33. The number of halogens is 4. The molecule has 3 nitrogen and oxygen atoms in total. The Labute approximate surface area is 121 Å². The van der Waals surface area contributed by atoms with Crippen LogP contribution < -0.4 is 5.73 Å². The molecular weight excluding hydrogens is 310 g/mol. The molecule has 0 heterocycles. The Morgan fingerprint density at radius 3 is 2.29 bits per heavy atom. The highest BCUT2D eigenvalue weighted by molar-refractivity contribution is 7.92. The van der Waals surface area contributed by atoms with Crippen molar-refractivity contribution >= 4 is 9.84 Å². The molecule has 8 heteroatoms. The van der Waals surface area contributed by atoms with E-state index in [1.54, 1.807) is 0 Å². The number of rotatable bonds is 5. The Balaban J connectivity index is 3.24. The van der Waals surface area contributed by atoms with Gasteiger partial charge in [0.05, 0.1) is 4.90 Å². The first-order valence-corrected chi connectivity index (χ1v) is 7.79. The van der Waals surface area contributed by atoms with E-state index in [9.17, 15) is 26.0 Å². The van der Waals surface area contributed by atoms with Gasteiger partial charge in [0.1, 0.15) is 5.82 Å². The van der Waals surface area contributed by atoms with Gasteiger partial charge in [-0.3, -0.25) is 0 Å². The van der Waals surface area contributed by atoms with Crippen LogP contribution >= 0.6 is 0 Å². The fraction of sp³-hybridized carbons (Fsp3) is 0.538. The minimum Gasteiger partial charge on any atom is -0.327 e. The normalized spacial score (nSPS) is 14.5. The molecule has 1 aromatic carbocycles. The van der Waals surface area contributed by atoms with Crippen molar-refractivity contribution in [2.75, 3.05) is 0 Å². The average molecular weight is 327 g/mol. The summed E-state index contributed by atoms with van der Waals surface area (Å²) in [5.74, 6) is -0.831. The Morgan fingerprint density at radius 2 is 1.81 bits per heavy atom. The number of nitrogens with two attached hydrogens (primary N) is 1. The van der Waals surface area contributed by atoms with Crippen LogP contribution in [0.2, 0.25) is 0 Å². The average Bonchev–Trinajstić information content (AvgIpc) is 2.28. The quantitative estimate of drug-likeness (QED) is 0.846. The van der Waals surface area contributed by atoms with Crippen molar-refractivity contribution in [2.24, 2.45) is 11.7 Å². The number of hydrogen-bond acceptors (Lipinski definition) is 3. The van der Waals surface area contributed by atoms with E-state index in [4.69, 9.17) is 5.73 Å². The number of hydrogen-bond donors (Lipinski definition) is 1. The van der Waals surface area contributed by atoms with Crippen molar-refractivity contribution in [1.29, 1.82) is 0 Å². The van der Waals surface area contributed by atoms with E-state index in [0.717, 1.165) is 12.1 Å². The molecule has 0 radical (unpaired) electrons. The van der Waals surface area contributed by atoms with Crippen LogP contribution in [0, 0.1) is 11.7 Å². The van der Waals surface area contributed by atoms with Crippen LogP contribution in [0.5, 0.6) is 0 Å². The van der Waals surface area contributed by atoms with Gasteiger partial charge in [-0.2, -0.15) is 13.2 Å². The molecule has 21 heavy (non-hydrogen) atoms. The lowest BCUT2D eigenvalue weighted by atomic mass is 9.98. The van der Waals surface area contributed by atoms with Crippen LogP contribution in [0.4, 0.5) is 17.6 Å². The van der Waals surface area contributed by atoms with Crippen LogP contribution in [0.15, 0.2) is 23.1 Å². The van der Waals surface area contributed by atoms with E-state index in [-0.39, 0.29) is 17.9 Å². The van der Waals surface area contributed by atoms with Gasteiger partial charge in [-0.1, -0.05) is 19.9 Å². The van der Waals surface area contributed by atoms with Gasteiger partial charge in [0.25, 0.3) is 9.84 Å². The van der Waals surface area contributed by atoms with Crippen molar-refractivity contribution < 1.29 is 26.0 Å². The second-order valence-electron chi connectivity index (χ2n) is 5.29. The molecule has 120 valence electrons. The highest BCUT2D eigenvalue weighted by atomic mass is 32.2. The molecule has 0 spiro atoms. The Kier molecular flexibility index (Phi) is 5.38.